The van der Waals surface area contributed by atoms with E-state index in [0.717, 1.165) is 17.2 Å². The Labute approximate surface area is 296 Å². The molecule has 1 saturated heterocycles. The van der Waals surface area contributed by atoms with Gasteiger partial charge >= 0.3 is 0 Å². The van der Waals surface area contributed by atoms with Gasteiger partial charge in [-0.3, -0.25) is 19.2 Å². The predicted molar refractivity (Wildman–Crippen MR) is 185 cm³/mol. The zero-order valence-corrected chi connectivity index (χ0v) is 27.7. The Bertz CT molecular complexity index is 2010. The Kier molecular flexibility index (Phi) is 7.51. The molecule has 3 N–H and O–H groups in total. The highest BCUT2D eigenvalue weighted by Gasteiger charge is 2.33. The van der Waals surface area contributed by atoms with Crippen molar-refractivity contribution < 1.29 is 36.3 Å². The number of fused-ring (bicyclic) bond motifs is 1. The SMILES string of the molecule is Cl.[2H]C([2H])([2H])c1cc(C(=O)Nc2cc3c(cc2Oc2cc(C)cc(C)c2)C(=O)N[C@@H](CC(=O)N2CCN(C)CC2)C(=O)N3)c(Br)c(C([2H])([2H])[2H])c1C([2H])([2H])[2H]. The van der Waals surface area contributed by atoms with Crippen molar-refractivity contribution in [3.05, 3.63) is 79.8 Å². The number of rotatable bonds is 6. The number of hydrogen-bond donors (Lipinski definition) is 3. The summed E-state index contributed by atoms with van der Waals surface area (Å²) in [5, 5.41) is 7.83. The molecule has 46 heavy (non-hydrogen) atoms. The number of anilines is 2. The summed E-state index contributed by atoms with van der Waals surface area (Å²) in [6.07, 6.45) is -0.303. The molecule has 12 heteroatoms. The molecule has 2 heterocycles. The first-order valence-electron chi connectivity index (χ1n) is 18.7. The molecular formula is C34H39BrClN5O5. The second-order valence-electron chi connectivity index (χ2n) is 11.2. The van der Waals surface area contributed by atoms with Gasteiger partial charge in [-0.1, -0.05) is 6.07 Å². The van der Waals surface area contributed by atoms with Crippen LogP contribution in [0.1, 0.15) is 67.3 Å². The molecule has 0 spiro atoms. The number of benzene rings is 3. The van der Waals surface area contributed by atoms with Crippen molar-refractivity contribution in [2.75, 3.05) is 43.9 Å². The van der Waals surface area contributed by atoms with Crippen molar-refractivity contribution in [3.63, 3.8) is 0 Å². The van der Waals surface area contributed by atoms with Crippen molar-refractivity contribution in [1.82, 2.24) is 15.1 Å². The summed E-state index contributed by atoms with van der Waals surface area (Å²) < 4.78 is 78.1. The lowest BCUT2D eigenvalue weighted by atomic mass is 10.00. The smallest absolute Gasteiger partial charge is 0.256 e. The maximum atomic E-state index is 14.1. The standard InChI is InChI=1S/C34H38BrN5O5.ClH/c1-18-11-19(2)13-23(12-18)45-29-15-24-26(16-27(29)37-33(43)25-14-20(3)21(4)22(5)31(25)35)36-34(44)28(38-32(24)42)17-30(41)40-9-7-39(6)8-10-40;/h11-16,28H,7-10,17H2,1-6H3,(H,36,44)(H,37,43)(H,38,42);1H/t28-;/m0./s1/i3D3,4D3,5D3;. The second kappa shape index (κ2) is 14.2. The Morgan fingerprint density at radius 3 is 2.35 bits per heavy atom. The molecule has 0 aliphatic carbocycles. The molecule has 1 fully saturated rings. The van der Waals surface area contributed by atoms with E-state index in [4.69, 9.17) is 17.1 Å². The molecule has 0 saturated carbocycles. The third kappa shape index (κ3) is 7.54. The van der Waals surface area contributed by atoms with E-state index in [1.54, 1.807) is 17.0 Å². The van der Waals surface area contributed by atoms with Gasteiger partial charge in [0.2, 0.25) is 11.8 Å². The second-order valence-corrected chi connectivity index (χ2v) is 12.0. The van der Waals surface area contributed by atoms with E-state index >= 15 is 0 Å². The lowest BCUT2D eigenvalue weighted by molar-refractivity contribution is -0.135. The first kappa shape index (κ1) is 24.3. The van der Waals surface area contributed by atoms with Crippen molar-refractivity contribution in [1.29, 1.82) is 0 Å². The topological polar surface area (TPSA) is 120 Å². The molecule has 0 radical (unpaired) electrons. The van der Waals surface area contributed by atoms with Crippen LogP contribution in [0.2, 0.25) is 0 Å². The highest BCUT2D eigenvalue weighted by molar-refractivity contribution is 9.10. The van der Waals surface area contributed by atoms with Crippen molar-refractivity contribution in [2.24, 2.45) is 0 Å². The maximum Gasteiger partial charge on any atom is 0.256 e. The predicted octanol–water partition coefficient (Wildman–Crippen LogP) is 5.67. The van der Waals surface area contributed by atoms with Gasteiger partial charge in [0, 0.05) is 43.0 Å². The number of piperazine rings is 1. The number of aryl methyl sites for hydroxylation is 3. The van der Waals surface area contributed by atoms with Crippen molar-refractivity contribution >= 4 is 63.3 Å². The third-order valence-electron chi connectivity index (χ3n) is 7.66. The van der Waals surface area contributed by atoms with E-state index in [2.05, 4.69) is 36.8 Å². The van der Waals surface area contributed by atoms with Crippen LogP contribution >= 0.6 is 28.3 Å². The summed E-state index contributed by atoms with van der Waals surface area (Å²) in [5.41, 5.74) is -1.75. The largest absolute Gasteiger partial charge is 0.455 e. The molecule has 244 valence electrons. The highest BCUT2D eigenvalue weighted by atomic mass is 79.9. The fraction of sp³-hybridized carbons (Fsp3) is 0.353. The molecule has 3 aromatic rings. The highest BCUT2D eigenvalue weighted by Crippen LogP contribution is 2.37. The zero-order chi connectivity index (χ0) is 40.1. The Morgan fingerprint density at radius 2 is 1.70 bits per heavy atom. The number of ether oxygens (including phenoxy) is 1. The quantitative estimate of drug-likeness (QED) is 0.302. The van der Waals surface area contributed by atoms with Crippen LogP contribution in [0.4, 0.5) is 11.4 Å². The Balaban J connectivity index is 0.00000673. The summed E-state index contributed by atoms with van der Waals surface area (Å²) >= 11 is 3.08. The molecule has 3 aromatic carbocycles. The van der Waals surface area contributed by atoms with Gasteiger partial charge in [-0.05, 0) is 116 Å². The molecule has 0 aromatic heterocycles. The van der Waals surface area contributed by atoms with E-state index < -0.39 is 71.0 Å². The minimum absolute atomic E-state index is 0. The fourth-order valence-electron chi connectivity index (χ4n) is 5.21. The molecule has 5 rings (SSSR count). The molecular weight excluding hydrogens is 674 g/mol. The molecule has 10 nitrogen and oxygen atoms in total. The maximum absolute atomic E-state index is 14.1. The number of amides is 4. The summed E-state index contributed by atoms with van der Waals surface area (Å²) in [6, 6.07) is 7.37. The molecule has 2 aliphatic heterocycles. The van der Waals surface area contributed by atoms with Crippen molar-refractivity contribution in [3.8, 4) is 11.5 Å². The summed E-state index contributed by atoms with van der Waals surface area (Å²) in [7, 11) is 1.94. The van der Waals surface area contributed by atoms with Crippen LogP contribution in [-0.4, -0.2) is 72.7 Å². The van der Waals surface area contributed by atoms with Crippen LogP contribution in [0.25, 0.3) is 0 Å². The van der Waals surface area contributed by atoms with Gasteiger partial charge in [-0.25, -0.2) is 0 Å². The summed E-state index contributed by atoms with van der Waals surface area (Å²) in [4.78, 5) is 57.9. The van der Waals surface area contributed by atoms with Gasteiger partial charge in [0.25, 0.3) is 11.8 Å². The molecule has 0 bridgehead atoms. The third-order valence-corrected chi connectivity index (χ3v) is 8.48. The summed E-state index contributed by atoms with van der Waals surface area (Å²) in [5.74, 6) is -2.57. The normalized spacial score (nSPS) is 20.1. The van der Waals surface area contributed by atoms with Crippen LogP contribution in [0, 0.1) is 34.4 Å². The van der Waals surface area contributed by atoms with Crippen LogP contribution in [-0.2, 0) is 9.59 Å². The fourth-order valence-corrected chi connectivity index (χ4v) is 5.70. The number of likely N-dealkylation sites (N-methyl/N-ethyl adjacent to an activating group) is 1. The van der Waals surface area contributed by atoms with Crippen molar-refractivity contribution in [2.45, 2.75) is 46.9 Å². The van der Waals surface area contributed by atoms with Gasteiger partial charge in [0.15, 0.2) is 5.75 Å². The number of carbonyl (C=O) groups excluding carboxylic acids is 4. The minimum atomic E-state index is -3.18. The van der Waals surface area contributed by atoms with Crippen LogP contribution in [0.3, 0.4) is 0 Å². The minimum Gasteiger partial charge on any atom is -0.455 e. The van der Waals surface area contributed by atoms with Gasteiger partial charge in [-0.2, -0.15) is 0 Å². The van der Waals surface area contributed by atoms with Gasteiger partial charge in [0.05, 0.1) is 28.9 Å². The average molecular weight is 722 g/mol. The van der Waals surface area contributed by atoms with Crippen LogP contribution < -0.4 is 20.7 Å². The number of hydrogen-bond acceptors (Lipinski definition) is 6. The lowest BCUT2D eigenvalue weighted by Gasteiger charge is -2.33. The number of halogens is 2. The number of carbonyl (C=O) groups is 4. The average Bonchev–Trinajstić information content (AvgIpc) is 3.13. The van der Waals surface area contributed by atoms with Gasteiger partial charge in [-0.15, -0.1) is 12.4 Å². The van der Waals surface area contributed by atoms with E-state index in [-0.39, 0.29) is 47.4 Å². The first-order valence-corrected chi connectivity index (χ1v) is 14.9. The molecule has 4 amide bonds. The van der Waals surface area contributed by atoms with E-state index in [0.29, 0.717) is 31.9 Å². The molecule has 2 aliphatic rings. The van der Waals surface area contributed by atoms with Gasteiger partial charge in [0.1, 0.15) is 11.8 Å². The molecule has 0 unspecified atom stereocenters. The summed E-state index contributed by atoms with van der Waals surface area (Å²) in [6.45, 7) is -3.56. The monoisotopic (exact) mass is 720 g/mol. The first-order chi connectivity index (χ1) is 24.9. The Morgan fingerprint density at radius 1 is 1.00 bits per heavy atom. The van der Waals surface area contributed by atoms with E-state index in [1.165, 1.54) is 12.1 Å². The van der Waals surface area contributed by atoms with Gasteiger partial charge < -0.3 is 30.5 Å². The zero-order valence-electron chi connectivity index (χ0n) is 34.3. The van der Waals surface area contributed by atoms with Crippen LogP contribution in [0.15, 0.2) is 40.9 Å². The van der Waals surface area contributed by atoms with E-state index in [9.17, 15) is 19.2 Å². The van der Waals surface area contributed by atoms with E-state index in [1.807, 2.05) is 27.0 Å². The number of nitrogens with zero attached hydrogens (tertiary/aromatic N) is 2. The molecule has 1 atom stereocenters. The Hall–Kier alpha value is -3.93. The van der Waals surface area contributed by atoms with Crippen LogP contribution in [0.5, 0.6) is 11.5 Å². The lowest BCUT2D eigenvalue weighted by Crippen LogP contribution is -2.50. The number of nitrogens with one attached hydrogen (secondary N) is 3.